The molecule has 1 saturated heterocycles. The molecule has 1 aromatic carbocycles. The average molecular weight is 371 g/mol. The zero-order valence-corrected chi connectivity index (χ0v) is 14.5. The number of carbonyl (C=O) groups is 1. The third kappa shape index (κ3) is 3.06. The van der Waals surface area contributed by atoms with Crippen molar-refractivity contribution in [2.45, 2.75) is 50.5 Å². The molecule has 1 aliphatic carbocycles. The van der Waals surface area contributed by atoms with Gasteiger partial charge in [-0.1, -0.05) is 46.4 Å². The van der Waals surface area contributed by atoms with Gasteiger partial charge >= 0.3 is 0 Å². The smallest absolute Gasteiger partial charge is 0.157 e. The van der Waals surface area contributed by atoms with Gasteiger partial charge in [0.15, 0.2) is 5.78 Å². The van der Waals surface area contributed by atoms with Gasteiger partial charge in [0.1, 0.15) is 0 Å². The first-order chi connectivity index (χ1) is 10.1. The number of rotatable bonds is 4. The number of nitrogens with zero attached hydrogens (tertiary/aromatic N) is 1. The Morgan fingerprint density at radius 2 is 1.86 bits per heavy atom. The van der Waals surface area contributed by atoms with E-state index in [1.165, 1.54) is 25.7 Å². The van der Waals surface area contributed by atoms with E-state index in [9.17, 15) is 4.79 Å². The molecule has 0 N–H and O–H groups in total. The molecule has 1 saturated carbocycles. The van der Waals surface area contributed by atoms with Crippen molar-refractivity contribution in [1.29, 1.82) is 0 Å². The van der Waals surface area contributed by atoms with Crippen LogP contribution in [0.4, 0.5) is 0 Å². The maximum Gasteiger partial charge on any atom is 0.157 e. The van der Waals surface area contributed by atoms with Crippen LogP contribution >= 0.6 is 27.5 Å². The Hall–Kier alpha value is -0.380. The first-order valence-electron chi connectivity index (χ1n) is 7.84. The lowest BCUT2D eigenvalue weighted by Gasteiger charge is -2.37. The van der Waals surface area contributed by atoms with E-state index in [0.717, 1.165) is 36.0 Å². The molecule has 0 amide bonds. The summed E-state index contributed by atoms with van der Waals surface area (Å²) in [6, 6.07) is 5.81. The van der Waals surface area contributed by atoms with Crippen molar-refractivity contribution in [3.8, 4) is 0 Å². The highest BCUT2D eigenvalue weighted by Gasteiger charge is 2.46. The topological polar surface area (TPSA) is 20.3 Å². The second-order valence-electron chi connectivity index (χ2n) is 6.27. The molecule has 1 aliphatic heterocycles. The summed E-state index contributed by atoms with van der Waals surface area (Å²) in [6.07, 6.45) is 7.33. The number of ketones is 1. The van der Waals surface area contributed by atoms with Gasteiger partial charge in [0.2, 0.25) is 0 Å². The highest BCUT2D eigenvalue weighted by atomic mass is 79.9. The van der Waals surface area contributed by atoms with Gasteiger partial charge < -0.3 is 0 Å². The number of benzene rings is 1. The number of hydrogen-bond donors (Lipinski definition) is 0. The van der Waals surface area contributed by atoms with Crippen molar-refractivity contribution in [2.24, 2.45) is 0 Å². The summed E-state index contributed by atoms with van der Waals surface area (Å²) in [7, 11) is 0. The molecule has 3 rings (SSSR count). The van der Waals surface area contributed by atoms with E-state index in [-0.39, 0.29) is 5.54 Å². The standard InChI is InChI=1S/C17H21BrClNO/c18-14-6-5-13(15(19)12-14)11-16(21)17(7-1-2-8-17)20-9-3-4-10-20/h5-6,12H,1-4,7-11H2. The van der Waals surface area contributed by atoms with Gasteiger partial charge in [0.05, 0.1) is 5.54 Å². The van der Waals surface area contributed by atoms with Gasteiger partial charge in [-0.2, -0.15) is 0 Å². The normalized spacial score (nSPS) is 21.8. The van der Waals surface area contributed by atoms with E-state index in [1.807, 2.05) is 18.2 Å². The Kier molecular flexibility index (Phi) is 4.72. The molecule has 4 heteroatoms. The molecule has 1 aromatic rings. The molecule has 0 unspecified atom stereocenters. The zero-order valence-electron chi connectivity index (χ0n) is 12.2. The predicted octanol–water partition coefficient (Wildman–Crippen LogP) is 4.62. The van der Waals surface area contributed by atoms with Gasteiger partial charge in [-0.25, -0.2) is 0 Å². The fourth-order valence-electron chi connectivity index (χ4n) is 3.88. The van der Waals surface area contributed by atoms with Crippen LogP contribution in [0.5, 0.6) is 0 Å². The highest BCUT2D eigenvalue weighted by molar-refractivity contribution is 9.10. The first kappa shape index (κ1) is 15.5. The summed E-state index contributed by atoms with van der Waals surface area (Å²) in [5, 5.41) is 0.687. The maximum atomic E-state index is 13.0. The largest absolute Gasteiger partial charge is 0.297 e. The van der Waals surface area contributed by atoms with Crippen LogP contribution in [0.2, 0.25) is 5.02 Å². The molecule has 114 valence electrons. The lowest BCUT2D eigenvalue weighted by Crippen LogP contribution is -2.52. The average Bonchev–Trinajstić information content (AvgIpc) is 3.11. The van der Waals surface area contributed by atoms with Crippen LogP contribution in [-0.4, -0.2) is 29.3 Å². The number of Topliss-reactive ketones (excluding diaryl/α,β-unsaturated/α-hetero) is 1. The van der Waals surface area contributed by atoms with Gasteiger partial charge in [-0.3, -0.25) is 9.69 Å². The molecular weight excluding hydrogens is 350 g/mol. The molecule has 0 bridgehead atoms. The van der Waals surface area contributed by atoms with E-state index >= 15 is 0 Å². The number of carbonyl (C=O) groups excluding carboxylic acids is 1. The van der Waals surface area contributed by atoms with Crippen LogP contribution in [0.15, 0.2) is 22.7 Å². The van der Waals surface area contributed by atoms with E-state index in [4.69, 9.17) is 11.6 Å². The molecule has 0 atom stereocenters. The molecule has 0 aromatic heterocycles. The van der Waals surface area contributed by atoms with Crippen LogP contribution in [0.25, 0.3) is 0 Å². The molecular formula is C17H21BrClNO. The van der Waals surface area contributed by atoms with Crippen molar-refractivity contribution in [2.75, 3.05) is 13.1 Å². The predicted molar refractivity (Wildman–Crippen MR) is 89.9 cm³/mol. The summed E-state index contributed by atoms with van der Waals surface area (Å²) in [4.78, 5) is 15.5. The minimum atomic E-state index is -0.201. The summed E-state index contributed by atoms with van der Waals surface area (Å²) >= 11 is 9.71. The quantitative estimate of drug-likeness (QED) is 0.770. The second-order valence-corrected chi connectivity index (χ2v) is 7.59. The first-order valence-corrected chi connectivity index (χ1v) is 9.01. The van der Waals surface area contributed by atoms with Crippen LogP contribution in [0.1, 0.15) is 44.1 Å². The lowest BCUT2D eigenvalue weighted by atomic mass is 9.86. The maximum absolute atomic E-state index is 13.0. The SMILES string of the molecule is O=C(Cc1ccc(Br)cc1Cl)C1(N2CCCC2)CCCC1. The van der Waals surface area contributed by atoms with Crippen LogP contribution < -0.4 is 0 Å². The molecule has 0 spiro atoms. The number of halogens is 2. The van der Waals surface area contributed by atoms with Crippen LogP contribution in [0, 0.1) is 0 Å². The summed E-state index contributed by atoms with van der Waals surface area (Å²) in [6.45, 7) is 2.17. The Bertz CT molecular complexity index is 534. The van der Waals surface area contributed by atoms with Crippen molar-refractivity contribution >= 4 is 33.3 Å². The molecule has 2 nitrogen and oxygen atoms in total. The van der Waals surface area contributed by atoms with Crippen LogP contribution in [0.3, 0.4) is 0 Å². The van der Waals surface area contributed by atoms with Gasteiger partial charge in [0.25, 0.3) is 0 Å². The molecule has 1 heterocycles. The third-order valence-electron chi connectivity index (χ3n) is 5.03. The fraction of sp³-hybridized carbons (Fsp3) is 0.588. The monoisotopic (exact) mass is 369 g/mol. The highest BCUT2D eigenvalue weighted by Crippen LogP contribution is 2.39. The third-order valence-corrected chi connectivity index (χ3v) is 5.87. The Morgan fingerprint density at radius 1 is 1.19 bits per heavy atom. The van der Waals surface area contributed by atoms with E-state index in [1.54, 1.807) is 0 Å². The summed E-state index contributed by atoms with van der Waals surface area (Å²) in [5.74, 6) is 0.367. The minimum Gasteiger partial charge on any atom is -0.297 e. The van der Waals surface area contributed by atoms with E-state index in [2.05, 4.69) is 20.8 Å². The Morgan fingerprint density at radius 3 is 2.48 bits per heavy atom. The molecule has 2 fully saturated rings. The summed E-state index contributed by atoms with van der Waals surface area (Å²) in [5.41, 5.74) is 0.753. The van der Waals surface area contributed by atoms with E-state index < -0.39 is 0 Å². The van der Waals surface area contributed by atoms with Crippen molar-refractivity contribution in [1.82, 2.24) is 4.90 Å². The van der Waals surface area contributed by atoms with Gasteiger partial charge in [0, 0.05) is 15.9 Å². The second kappa shape index (κ2) is 6.39. The van der Waals surface area contributed by atoms with E-state index in [0.29, 0.717) is 17.2 Å². The van der Waals surface area contributed by atoms with Crippen molar-refractivity contribution in [3.05, 3.63) is 33.3 Å². The van der Waals surface area contributed by atoms with Gasteiger partial charge in [-0.15, -0.1) is 0 Å². The fourth-order valence-corrected chi connectivity index (χ4v) is 4.62. The number of hydrogen-bond acceptors (Lipinski definition) is 2. The Labute approximate surface area is 140 Å². The molecule has 21 heavy (non-hydrogen) atoms. The van der Waals surface area contributed by atoms with Crippen molar-refractivity contribution in [3.63, 3.8) is 0 Å². The van der Waals surface area contributed by atoms with Gasteiger partial charge in [-0.05, 0) is 56.5 Å². The van der Waals surface area contributed by atoms with Crippen LogP contribution in [-0.2, 0) is 11.2 Å². The molecule has 2 aliphatic rings. The molecule has 0 radical (unpaired) electrons. The zero-order chi connectivity index (χ0) is 14.9. The summed E-state index contributed by atoms with van der Waals surface area (Å²) < 4.78 is 0.957. The number of likely N-dealkylation sites (tertiary alicyclic amines) is 1. The lowest BCUT2D eigenvalue weighted by molar-refractivity contribution is -0.129. The van der Waals surface area contributed by atoms with Crippen molar-refractivity contribution < 1.29 is 4.79 Å². The minimum absolute atomic E-state index is 0.201. The Balaban J connectivity index is 1.81.